The van der Waals surface area contributed by atoms with Crippen molar-refractivity contribution in [3.05, 3.63) is 65.5 Å². The van der Waals surface area contributed by atoms with Gasteiger partial charge in [-0.2, -0.15) is 0 Å². The topological polar surface area (TPSA) is 48.9 Å². The summed E-state index contributed by atoms with van der Waals surface area (Å²) in [4.78, 5) is 6.51. The minimum Gasteiger partial charge on any atom is -0.492 e. The molecule has 2 N–H and O–H groups in total. The molecule has 5 nitrogen and oxygen atoms in total. The molecule has 0 atom stereocenters. The van der Waals surface area contributed by atoms with Gasteiger partial charge in [0.2, 0.25) is 0 Å². The Bertz CT molecular complexity index is 736. The fourth-order valence-electron chi connectivity index (χ4n) is 2.76. The highest BCUT2D eigenvalue weighted by Gasteiger charge is 2.04. The van der Waals surface area contributed by atoms with Crippen molar-refractivity contribution in [2.45, 2.75) is 26.9 Å². The Balaban J connectivity index is 0.00000420. The number of aliphatic imine (C=N–C) groups is 1. The molecular formula is C22H32FIN4O. The summed E-state index contributed by atoms with van der Waals surface area (Å²) in [6, 6.07) is 14.7. The van der Waals surface area contributed by atoms with E-state index in [1.807, 2.05) is 30.3 Å². The van der Waals surface area contributed by atoms with Crippen LogP contribution in [-0.2, 0) is 13.1 Å². The second-order valence-corrected chi connectivity index (χ2v) is 6.39. The van der Waals surface area contributed by atoms with Crippen molar-refractivity contribution in [2.75, 3.05) is 33.3 Å². The number of likely N-dealkylation sites (N-methyl/N-ethyl adjacent to an activating group) is 1. The molecule has 0 saturated carbocycles. The molecule has 0 unspecified atom stereocenters. The van der Waals surface area contributed by atoms with Crippen molar-refractivity contribution >= 4 is 29.9 Å². The molecule has 0 bridgehead atoms. The smallest absolute Gasteiger partial charge is 0.191 e. The van der Waals surface area contributed by atoms with E-state index in [9.17, 15) is 4.39 Å². The Labute approximate surface area is 190 Å². The van der Waals surface area contributed by atoms with Gasteiger partial charge >= 0.3 is 0 Å². The molecule has 0 aromatic heterocycles. The second-order valence-electron chi connectivity index (χ2n) is 6.39. The first-order chi connectivity index (χ1) is 13.7. The normalized spacial score (nSPS) is 11.1. The summed E-state index contributed by atoms with van der Waals surface area (Å²) in [5.74, 6) is 1.28. The molecule has 2 rings (SSSR count). The molecule has 0 aliphatic carbocycles. The van der Waals surface area contributed by atoms with Crippen LogP contribution in [0.3, 0.4) is 0 Å². The maximum absolute atomic E-state index is 13.7. The third-order valence-electron chi connectivity index (χ3n) is 4.58. The van der Waals surface area contributed by atoms with Crippen LogP contribution in [0.5, 0.6) is 5.75 Å². The van der Waals surface area contributed by atoms with Crippen LogP contribution in [0.15, 0.2) is 53.5 Å². The predicted molar refractivity (Wildman–Crippen MR) is 129 cm³/mol. The molecule has 7 heteroatoms. The SMILES string of the molecule is CCN(CC)CCOc1ccc(CNC(=NC)NCc2ccccc2F)cc1.I. The molecule has 0 radical (unpaired) electrons. The van der Waals surface area contributed by atoms with Gasteiger partial charge in [-0.15, -0.1) is 24.0 Å². The number of hydrogen-bond donors (Lipinski definition) is 2. The van der Waals surface area contributed by atoms with Crippen LogP contribution in [0.1, 0.15) is 25.0 Å². The monoisotopic (exact) mass is 514 g/mol. The van der Waals surface area contributed by atoms with Crippen LogP contribution < -0.4 is 15.4 Å². The van der Waals surface area contributed by atoms with E-state index in [0.29, 0.717) is 31.2 Å². The molecule has 0 spiro atoms. The van der Waals surface area contributed by atoms with Crippen molar-refractivity contribution in [1.29, 1.82) is 0 Å². The molecule has 2 aromatic carbocycles. The van der Waals surface area contributed by atoms with Gasteiger partial charge < -0.3 is 20.3 Å². The zero-order chi connectivity index (χ0) is 20.2. The first kappa shape index (κ1) is 25.2. The van der Waals surface area contributed by atoms with Crippen molar-refractivity contribution in [1.82, 2.24) is 15.5 Å². The van der Waals surface area contributed by atoms with Crippen molar-refractivity contribution in [2.24, 2.45) is 4.99 Å². The van der Waals surface area contributed by atoms with E-state index in [0.717, 1.165) is 30.9 Å². The van der Waals surface area contributed by atoms with Gasteiger partial charge in [-0.3, -0.25) is 4.99 Å². The first-order valence-electron chi connectivity index (χ1n) is 9.78. The largest absolute Gasteiger partial charge is 0.492 e. The first-order valence-corrected chi connectivity index (χ1v) is 9.78. The molecule has 0 aliphatic rings. The molecule has 0 aliphatic heterocycles. The Kier molecular flexibility index (Phi) is 12.3. The number of guanidine groups is 1. The number of nitrogens with zero attached hydrogens (tertiary/aromatic N) is 2. The summed E-state index contributed by atoms with van der Waals surface area (Å²) in [6.45, 7) is 9.01. The zero-order valence-electron chi connectivity index (χ0n) is 17.5. The van der Waals surface area contributed by atoms with Crippen LogP contribution >= 0.6 is 24.0 Å². The van der Waals surface area contributed by atoms with Gasteiger partial charge in [0.1, 0.15) is 18.2 Å². The lowest BCUT2D eigenvalue weighted by Gasteiger charge is -2.18. The molecule has 160 valence electrons. The highest BCUT2D eigenvalue weighted by atomic mass is 127. The minimum absolute atomic E-state index is 0. The standard InChI is InChI=1S/C22H31FN4O.HI/c1-4-27(5-2)14-15-28-20-12-10-18(11-13-20)16-25-22(24-3)26-17-19-8-6-7-9-21(19)23;/h6-13H,4-5,14-17H2,1-3H3,(H2,24,25,26);1H. The van der Waals surface area contributed by atoms with Gasteiger partial charge in [0.05, 0.1) is 0 Å². The third-order valence-corrected chi connectivity index (χ3v) is 4.58. The van der Waals surface area contributed by atoms with Gasteiger partial charge in [0.15, 0.2) is 5.96 Å². The van der Waals surface area contributed by atoms with Gasteiger partial charge in [-0.25, -0.2) is 4.39 Å². The van der Waals surface area contributed by atoms with E-state index in [1.165, 1.54) is 6.07 Å². The van der Waals surface area contributed by atoms with Crippen LogP contribution in [-0.4, -0.2) is 44.1 Å². The minimum atomic E-state index is -0.220. The summed E-state index contributed by atoms with van der Waals surface area (Å²) in [7, 11) is 1.70. The molecule has 2 aromatic rings. The van der Waals surface area contributed by atoms with Crippen LogP contribution in [0.4, 0.5) is 4.39 Å². The summed E-state index contributed by atoms with van der Waals surface area (Å²) in [5.41, 5.74) is 1.72. The Hall–Kier alpha value is -1.87. The summed E-state index contributed by atoms with van der Waals surface area (Å²) in [6.07, 6.45) is 0. The van der Waals surface area contributed by atoms with Gasteiger partial charge in [-0.05, 0) is 36.9 Å². The number of halogens is 2. The summed E-state index contributed by atoms with van der Waals surface area (Å²) in [5, 5.41) is 6.36. The molecule has 0 heterocycles. The number of hydrogen-bond acceptors (Lipinski definition) is 3. The molecule has 0 saturated heterocycles. The number of rotatable bonds is 10. The van der Waals surface area contributed by atoms with E-state index in [-0.39, 0.29) is 29.8 Å². The van der Waals surface area contributed by atoms with E-state index >= 15 is 0 Å². The lowest BCUT2D eigenvalue weighted by Crippen LogP contribution is -2.36. The Morgan fingerprint density at radius 3 is 2.28 bits per heavy atom. The van der Waals surface area contributed by atoms with Gasteiger partial charge in [0.25, 0.3) is 0 Å². The van der Waals surface area contributed by atoms with Crippen molar-refractivity contribution < 1.29 is 9.13 Å². The quantitative estimate of drug-likeness (QED) is 0.286. The third kappa shape index (κ3) is 8.99. The predicted octanol–water partition coefficient (Wildman–Crippen LogP) is 4.03. The average molecular weight is 514 g/mol. The van der Waals surface area contributed by atoms with Crippen molar-refractivity contribution in [3.63, 3.8) is 0 Å². The molecule has 29 heavy (non-hydrogen) atoms. The van der Waals surface area contributed by atoms with Crippen LogP contribution in [0.25, 0.3) is 0 Å². The van der Waals surface area contributed by atoms with Crippen molar-refractivity contribution in [3.8, 4) is 5.75 Å². The van der Waals surface area contributed by atoms with Gasteiger partial charge in [0, 0.05) is 32.2 Å². The van der Waals surface area contributed by atoms with E-state index < -0.39 is 0 Å². The highest BCUT2D eigenvalue weighted by Crippen LogP contribution is 2.12. The lowest BCUT2D eigenvalue weighted by atomic mass is 10.2. The second kappa shape index (κ2) is 14.2. The van der Waals surface area contributed by atoms with Crippen LogP contribution in [0, 0.1) is 5.82 Å². The molecule has 0 fully saturated rings. The number of ether oxygens (including phenoxy) is 1. The zero-order valence-corrected chi connectivity index (χ0v) is 19.8. The van der Waals surface area contributed by atoms with E-state index in [1.54, 1.807) is 19.2 Å². The Morgan fingerprint density at radius 2 is 1.66 bits per heavy atom. The Morgan fingerprint density at radius 1 is 1.00 bits per heavy atom. The molecule has 0 amide bonds. The van der Waals surface area contributed by atoms with Crippen LogP contribution in [0.2, 0.25) is 0 Å². The molecular weight excluding hydrogens is 482 g/mol. The maximum atomic E-state index is 13.7. The van der Waals surface area contributed by atoms with E-state index in [2.05, 4.69) is 34.4 Å². The highest BCUT2D eigenvalue weighted by molar-refractivity contribution is 14.0. The fraction of sp³-hybridized carbons (Fsp3) is 0.409. The average Bonchev–Trinajstić information content (AvgIpc) is 2.73. The number of nitrogens with one attached hydrogen (secondary N) is 2. The summed E-state index contributed by atoms with van der Waals surface area (Å²) < 4.78 is 19.5. The number of benzene rings is 2. The summed E-state index contributed by atoms with van der Waals surface area (Å²) >= 11 is 0. The fourth-order valence-corrected chi connectivity index (χ4v) is 2.76. The van der Waals surface area contributed by atoms with E-state index in [4.69, 9.17) is 4.74 Å². The van der Waals surface area contributed by atoms with Gasteiger partial charge in [-0.1, -0.05) is 44.2 Å². The lowest BCUT2D eigenvalue weighted by molar-refractivity contribution is 0.223. The maximum Gasteiger partial charge on any atom is 0.191 e.